The van der Waals surface area contributed by atoms with E-state index in [0.29, 0.717) is 6.61 Å². The normalized spacial score (nSPS) is 9.85. The molecule has 4 heteroatoms. The van der Waals surface area contributed by atoms with E-state index in [1.807, 2.05) is 6.92 Å². The monoisotopic (exact) mass is 188 g/mol. The summed E-state index contributed by atoms with van der Waals surface area (Å²) in [5, 5.41) is 0. The SMILES string of the molecule is CCCOC(=O)CC(=O)OC(C)C. The highest BCUT2D eigenvalue weighted by Gasteiger charge is 2.12. The lowest BCUT2D eigenvalue weighted by Gasteiger charge is -2.07. The fraction of sp³-hybridized carbons (Fsp3) is 0.778. The summed E-state index contributed by atoms with van der Waals surface area (Å²) in [6, 6.07) is 0. The number of carbonyl (C=O) groups excluding carboxylic acids is 2. The zero-order valence-corrected chi connectivity index (χ0v) is 8.33. The molecule has 0 saturated heterocycles. The van der Waals surface area contributed by atoms with Gasteiger partial charge in [-0.3, -0.25) is 9.59 Å². The largest absolute Gasteiger partial charge is 0.465 e. The number of hydrogen-bond donors (Lipinski definition) is 0. The second-order valence-corrected chi connectivity index (χ2v) is 2.94. The van der Waals surface area contributed by atoms with Gasteiger partial charge >= 0.3 is 11.9 Å². The molecule has 0 fully saturated rings. The Balaban J connectivity index is 3.59. The van der Waals surface area contributed by atoms with Crippen LogP contribution < -0.4 is 0 Å². The molecule has 76 valence electrons. The van der Waals surface area contributed by atoms with Crippen LogP contribution in [0.4, 0.5) is 0 Å². The van der Waals surface area contributed by atoms with Gasteiger partial charge in [0.2, 0.25) is 0 Å². The molecule has 0 aromatic carbocycles. The first-order chi connectivity index (χ1) is 6.06. The maximum absolute atomic E-state index is 10.9. The zero-order valence-electron chi connectivity index (χ0n) is 8.33. The fourth-order valence-electron chi connectivity index (χ4n) is 0.689. The molecule has 0 amide bonds. The van der Waals surface area contributed by atoms with Gasteiger partial charge in [0.05, 0.1) is 12.7 Å². The van der Waals surface area contributed by atoms with Gasteiger partial charge in [-0.05, 0) is 20.3 Å². The highest BCUT2D eigenvalue weighted by molar-refractivity contribution is 5.91. The molecule has 0 heterocycles. The van der Waals surface area contributed by atoms with E-state index in [9.17, 15) is 9.59 Å². The van der Waals surface area contributed by atoms with E-state index in [1.165, 1.54) is 0 Å². The average Bonchev–Trinajstić information content (AvgIpc) is 1.98. The molecule has 0 unspecified atom stereocenters. The fourth-order valence-corrected chi connectivity index (χ4v) is 0.689. The van der Waals surface area contributed by atoms with Crippen LogP contribution in [0.15, 0.2) is 0 Å². The molecule has 0 aromatic heterocycles. The Hall–Kier alpha value is -1.06. The van der Waals surface area contributed by atoms with Crippen LogP contribution in [0.2, 0.25) is 0 Å². The Bertz CT molecular complexity index is 174. The van der Waals surface area contributed by atoms with Crippen molar-refractivity contribution in [2.45, 2.75) is 39.7 Å². The molecular weight excluding hydrogens is 172 g/mol. The van der Waals surface area contributed by atoms with Crippen molar-refractivity contribution in [1.29, 1.82) is 0 Å². The van der Waals surface area contributed by atoms with Gasteiger partial charge in [-0.2, -0.15) is 0 Å². The number of hydrogen-bond acceptors (Lipinski definition) is 4. The van der Waals surface area contributed by atoms with Gasteiger partial charge in [0, 0.05) is 0 Å². The average molecular weight is 188 g/mol. The molecule has 0 aromatic rings. The molecule has 0 spiro atoms. The maximum atomic E-state index is 10.9. The van der Waals surface area contributed by atoms with E-state index in [1.54, 1.807) is 13.8 Å². The Labute approximate surface area is 78.2 Å². The number of carbonyl (C=O) groups is 2. The molecule has 0 saturated carbocycles. The Morgan fingerprint density at radius 1 is 1.23 bits per heavy atom. The topological polar surface area (TPSA) is 52.6 Å². The van der Waals surface area contributed by atoms with Crippen molar-refractivity contribution in [2.24, 2.45) is 0 Å². The maximum Gasteiger partial charge on any atom is 0.317 e. The standard InChI is InChI=1S/C9H16O4/c1-4-5-12-8(10)6-9(11)13-7(2)3/h7H,4-6H2,1-3H3. The van der Waals surface area contributed by atoms with Gasteiger partial charge in [-0.15, -0.1) is 0 Å². The molecular formula is C9H16O4. The summed E-state index contributed by atoms with van der Waals surface area (Å²) in [7, 11) is 0. The summed E-state index contributed by atoms with van der Waals surface area (Å²) in [4.78, 5) is 21.8. The van der Waals surface area contributed by atoms with Crippen molar-refractivity contribution in [1.82, 2.24) is 0 Å². The molecule has 0 radical (unpaired) electrons. The first-order valence-electron chi connectivity index (χ1n) is 4.41. The van der Waals surface area contributed by atoms with Gasteiger partial charge in [0.25, 0.3) is 0 Å². The minimum Gasteiger partial charge on any atom is -0.465 e. The van der Waals surface area contributed by atoms with Crippen molar-refractivity contribution in [3.63, 3.8) is 0 Å². The van der Waals surface area contributed by atoms with Crippen LogP contribution in [-0.4, -0.2) is 24.6 Å². The van der Waals surface area contributed by atoms with Gasteiger partial charge < -0.3 is 9.47 Å². The summed E-state index contributed by atoms with van der Waals surface area (Å²) < 4.78 is 9.46. The molecule has 0 aliphatic heterocycles. The van der Waals surface area contributed by atoms with E-state index >= 15 is 0 Å². The van der Waals surface area contributed by atoms with Crippen molar-refractivity contribution in [2.75, 3.05) is 6.61 Å². The summed E-state index contributed by atoms with van der Waals surface area (Å²) in [5.41, 5.74) is 0. The van der Waals surface area contributed by atoms with Crippen LogP contribution >= 0.6 is 0 Å². The smallest absolute Gasteiger partial charge is 0.317 e. The van der Waals surface area contributed by atoms with E-state index in [-0.39, 0.29) is 12.5 Å². The van der Waals surface area contributed by atoms with E-state index in [4.69, 9.17) is 9.47 Å². The minimum absolute atomic E-state index is 0.188. The molecule has 0 aliphatic rings. The van der Waals surface area contributed by atoms with Crippen molar-refractivity contribution in [3.05, 3.63) is 0 Å². The highest BCUT2D eigenvalue weighted by Crippen LogP contribution is 1.95. The second kappa shape index (κ2) is 6.46. The quantitative estimate of drug-likeness (QED) is 0.481. The first kappa shape index (κ1) is 11.9. The molecule has 0 atom stereocenters. The van der Waals surface area contributed by atoms with Crippen molar-refractivity contribution in [3.8, 4) is 0 Å². The summed E-state index contributed by atoms with van der Waals surface area (Å²) in [5.74, 6) is -1.05. The lowest BCUT2D eigenvalue weighted by molar-refractivity contribution is -0.156. The number of rotatable bonds is 5. The third-order valence-electron chi connectivity index (χ3n) is 1.12. The third kappa shape index (κ3) is 7.31. The number of esters is 2. The van der Waals surface area contributed by atoms with Gasteiger partial charge in [-0.1, -0.05) is 6.92 Å². The van der Waals surface area contributed by atoms with Crippen molar-refractivity contribution < 1.29 is 19.1 Å². The minimum atomic E-state index is -0.531. The lowest BCUT2D eigenvalue weighted by atomic mass is 10.4. The lowest BCUT2D eigenvalue weighted by Crippen LogP contribution is -2.17. The van der Waals surface area contributed by atoms with Crippen LogP contribution in [0, 0.1) is 0 Å². The molecule has 0 bridgehead atoms. The Kier molecular flexibility index (Phi) is 5.93. The Morgan fingerprint density at radius 3 is 2.31 bits per heavy atom. The van der Waals surface area contributed by atoms with E-state index < -0.39 is 11.9 Å². The van der Waals surface area contributed by atoms with Crippen LogP contribution in [0.25, 0.3) is 0 Å². The third-order valence-corrected chi connectivity index (χ3v) is 1.12. The predicted octanol–water partition coefficient (Wildman–Crippen LogP) is 1.28. The van der Waals surface area contributed by atoms with E-state index in [2.05, 4.69) is 0 Å². The predicted molar refractivity (Wildman–Crippen MR) is 47.1 cm³/mol. The molecule has 0 rings (SSSR count). The van der Waals surface area contributed by atoms with Crippen LogP contribution in [0.5, 0.6) is 0 Å². The molecule has 13 heavy (non-hydrogen) atoms. The van der Waals surface area contributed by atoms with Gasteiger partial charge in [0.15, 0.2) is 0 Å². The second-order valence-electron chi connectivity index (χ2n) is 2.94. The molecule has 0 aliphatic carbocycles. The summed E-state index contributed by atoms with van der Waals surface area (Å²) in [6.07, 6.45) is 0.273. The van der Waals surface area contributed by atoms with Gasteiger partial charge in [-0.25, -0.2) is 0 Å². The zero-order chi connectivity index (χ0) is 10.3. The molecule has 4 nitrogen and oxygen atoms in total. The van der Waals surface area contributed by atoms with Crippen LogP contribution in [-0.2, 0) is 19.1 Å². The van der Waals surface area contributed by atoms with Gasteiger partial charge in [0.1, 0.15) is 6.42 Å². The highest BCUT2D eigenvalue weighted by atomic mass is 16.6. The van der Waals surface area contributed by atoms with E-state index in [0.717, 1.165) is 6.42 Å². The first-order valence-corrected chi connectivity index (χ1v) is 4.41. The Morgan fingerprint density at radius 2 is 1.85 bits per heavy atom. The number of ether oxygens (including phenoxy) is 2. The van der Waals surface area contributed by atoms with Crippen molar-refractivity contribution >= 4 is 11.9 Å². The summed E-state index contributed by atoms with van der Waals surface area (Å²) >= 11 is 0. The van der Waals surface area contributed by atoms with Crippen LogP contribution in [0.1, 0.15) is 33.6 Å². The summed E-state index contributed by atoms with van der Waals surface area (Å²) in [6.45, 7) is 5.71. The molecule has 0 N–H and O–H groups in total. The van der Waals surface area contributed by atoms with Crippen LogP contribution in [0.3, 0.4) is 0 Å².